The number of benzene rings is 1. The molecule has 0 fully saturated rings. The minimum absolute atomic E-state index is 0.0214. The van der Waals surface area contributed by atoms with Gasteiger partial charge in [0.15, 0.2) is 0 Å². The Morgan fingerprint density at radius 3 is 1.95 bits per heavy atom. The van der Waals surface area contributed by atoms with E-state index in [-0.39, 0.29) is 18.9 Å². The lowest BCUT2D eigenvalue weighted by Crippen LogP contribution is -2.30. The number of carboxylic acids is 1. The second-order valence-electron chi connectivity index (χ2n) is 3.57. The molecule has 114 valence electrons. The van der Waals surface area contributed by atoms with Crippen LogP contribution in [0.25, 0.3) is 0 Å². The van der Waals surface area contributed by atoms with Crippen LogP contribution in [0.4, 0.5) is 0 Å². The van der Waals surface area contributed by atoms with E-state index in [1.165, 1.54) is 11.8 Å². The van der Waals surface area contributed by atoms with E-state index < -0.39 is 5.97 Å². The van der Waals surface area contributed by atoms with E-state index in [1.807, 2.05) is 58.0 Å². The maximum Gasteiger partial charge on any atom is 0.305 e. The monoisotopic (exact) mass is 281 g/mol. The minimum Gasteiger partial charge on any atom is -0.481 e. The summed E-state index contributed by atoms with van der Waals surface area (Å²) < 4.78 is 0. The van der Waals surface area contributed by atoms with E-state index in [9.17, 15) is 9.59 Å². The number of carbonyl (C=O) groups is 2. The molecule has 0 saturated heterocycles. The molecule has 0 aromatic heterocycles. The topological polar surface area (TPSA) is 57.6 Å². The van der Waals surface area contributed by atoms with Crippen LogP contribution in [0.15, 0.2) is 30.3 Å². The zero-order chi connectivity index (χ0) is 16.0. The fourth-order valence-electron chi connectivity index (χ4n) is 1.38. The number of amides is 1. The first-order valence-corrected chi connectivity index (χ1v) is 7.11. The number of hydrogen-bond donors (Lipinski definition) is 1. The Balaban J connectivity index is 0. The molecular formula is C16H27NO3. The lowest BCUT2D eigenvalue weighted by atomic mass is 10.2. The van der Waals surface area contributed by atoms with Crippen molar-refractivity contribution in [1.29, 1.82) is 0 Å². The number of hydrogen-bond acceptors (Lipinski definition) is 2. The molecule has 20 heavy (non-hydrogen) atoms. The lowest BCUT2D eigenvalue weighted by molar-refractivity contribution is -0.138. The van der Waals surface area contributed by atoms with E-state index in [4.69, 9.17) is 5.11 Å². The van der Waals surface area contributed by atoms with Crippen molar-refractivity contribution in [1.82, 2.24) is 4.90 Å². The van der Waals surface area contributed by atoms with Crippen LogP contribution in [0, 0.1) is 0 Å². The van der Waals surface area contributed by atoms with Crippen LogP contribution in [0.1, 0.15) is 46.6 Å². The molecule has 0 heterocycles. The summed E-state index contributed by atoms with van der Waals surface area (Å²) in [5, 5.41) is 8.57. The third kappa shape index (κ3) is 10.1. The SMILES string of the molecule is CC.CC.CC(=O)N(CCC(=O)O)Cc1ccccc1. The molecule has 4 heteroatoms. The molecule has 0 radical (unpaired) electrons. The average molecular weight is 281 g/mol. The Kier molecular flexibility index (Phi) is 13.9. The molecule has 0 unspecified atom stereocenters. The van der Waals surface area contributed by atoms with Gasteiger partial charge >= 0.3 is 5.97 Å². The Morgan fingerprint density at radius 1 is 1.05 bits per heavy atom. The summed E-state index contributed by atoms with van der Waals surface area (Å²) in [5.41, 5.74) is 1.00. The normalized spacial score (nSPS) is 8.45. The molecule has 1 aromatic rings. The number of rotatable bonds is 5. The lowest BCUT2D eigenvalue weighted by Gasteiger charge is -2.20. The van der Waals surface area contributed by atoms with Gasteiger partial charge in [-0.15, -0.1) is 0 Å². The minimum atomic E-state index is -0.890. The maximum absolute atomic E-state index is 11.3. The molecule has 4 nitrogen and oxygen atoms in total. The summed E-state index contributed by atoms with van der Waals surface area (Å²) in [6.45, 7) is 10.2. The van der Waals surface area contributed by atoms with E-state index in [0.717, 1.165) is 5.56 Å². The third-order valence-electron chi connectivity index (χ3n) is 2.26. The highest BCUT2D eigenvalue weighted by Crippen LogP contribution is 2.05. The van der Waals surface area contributed by atoms with Crippen LogP contribution in [0.3, 0.4) is 0 Å². The highest BCUT2D eigenvalue weighted by atomic mass is 16.4. The zero-order valence-electron chi connectivity index (χ0n) is 13.2. The highest BCUT2D eigenvalue weighted by molar-refractivity contribution is 5.74. The first-order chi connectivity index (χ1) is 9.59. The molecule has 0 aliphatic rings. The molecule has 0 aliphatic carbocycles. The molecule has 1 amide bonds. The largest absolute Gasteiger partial charge is 0.481 e. The van der Waals surface area contributed by atoms with Crippen molar-refractivity contribution in [3.8, 4) is 0 Å². The molecule has 1 rings (SSSR count). The zero-order valence-corrected chi connectivity index (χ0v) is 13.2. The van der Waals surface area contributed by atoms with E-state index in [1.54, 1.807) is 0 Å². The van der Waals surface area contributed by atoms with Gasteiger partial charge in [0.25, 0.3) is 0 Å². The van der Waals surface area contributed by atoms with Crippen molar-refractivity contribution in [2.75, 3.05) is 6.54 Å². The predicted octanol–water partition coefficient (Wildman–Crippen LogP) is 3.56. The standard InChI is InChI=1S/C12H15NO3.2C2H6/c1-10(14)13(8-7-12(15)16)9-11-5-3-2-4-6-11;2*1-2/h2-6H,7-9H2,1H3,(H,15,16);2*1-2H3. The Morgan fingerprint density at radius 2 is 1.55 bits per heavy atom. The quantitative estimate of drug-likeness (QED) is 0.897. The summed E-state index contributed by atoms with van der Waals surface area (Å²) >= 11 is 0. The van der Waals surface area contributed by atoms with Gasteiger partial charge in [0, 0.05) is 20.0 Å². The Labute approximate surface area is 122 Å². The van der Waals surface area contributed by atoms with E-state index in [2.05, 4.69) is 0 Å². The molecule has 0 saturated carbocycles. The number of aliphatic carboxylic acids is 1. The van der Waals surface area contributed by atoms with Crippen molar-refractivity contribution >= 4 is 11.9 Å². The van der Waals surface area contributed by atoms with Crippen molar-refractivity contribution in [2.24, 2.45) is 0 Å². The molecule has 0 spiro atoms. The maximum atomic E-state index is 11.3. The highest BCUT2D eigenvalue weighted by Gasteiger charge is 2.10. The van der Waals surface area contributed by atoms with Crippen molar-refractivity contribution in [3.63, 3.8) is 0 Å². The first kappa shape index (κ1) is 20.5. The van der Waals surface area contributed by atoms with Gasteiger partial charge in [-0.2, -0.15) is 0 Å². The van der Waals surface area contributed by atoms with Gasteiger partial charge in [-0.05, 0) is 5.56 Å². The van der Waals surface area contributed by atoms with Gasteiger partial charge in [-0.25, -0.2) is 0 Å². The van der Waals surface area contributed by atoms with Crippen molar-refractivity contribution in [3.05, 3.63) is 35.9 Å². The second kappa shape index (κ2) is 13.6. The van der Waals surface area contributed by atoms with Gasteiger partial charge in [-0.1, -0.05) is 58.0 Å². The van der Waals surface area contributed by atoms with Crippen LogP contribution in [-0.4, -0.2) is 28.4 Å². The van der Waals surface area contributed by atoms with Crippen LogP contribution >= 0.6 is 0 Å². The Bertz CT molecular complexity index is 363. The van der Waals surface area contributed by atoms with Crippen LogP contribution < -0.4 is 0 Å². The molecule has 0 atom stereocenters. The van der Waals surface area contributed by atoms with E-state index >= 15 is 0 Å². The molecular weight excluding hydrogens is 254 g/mol. The summed E-state index contributed by atoms with van der Waals surface area (Å²) in [6, 6.07) is 9.52. The van der Waals surface area contributed by atoms with Gasteiger partial charge in [-0.3, -0.25) is 9.59 Å². The molecule has 1 aromatic carbocycles. The molecule has 1 N–H and O–H groups in total. The predicted molar refractivity (Wildman–Crippen MR) is 82.5 cm³/mol. The Hall–Kier alpha value is -1.84. The van der Waals surface area contributed by atoms with Crippen molar-refractivity contribution in [2.45, 2.75) is 47.6 Å². The summed E-state index contributed by atoms with van der Waals surface area (Å²) in [5.74, 6) is -0.996. The second-order valence-corrected chi connectivity index (χ2v) is 3.57. The average Bonchev–Trinajstić information content (AvgIpc) is 2.48. The van der Waals surface area contributed by atoms with Gasteiger partial charge in [0.2, 0.25) is 5.91 Å². The van der Waals surface area contributed by atoms with Gasteiger partial charge in [0.05, 0.1) is 6.42 Å². The molecule has 0 bridgehead atoms. The van der Waals surface area contributed by atoms with E-state index in [0.29, 0.717) is 6.54 Å². The van der Waals surface area contributed by atoms with Gasteiger partial charge in [0.1, 0.15) is 0 Å². The fourth-order valence-corrected chi connectivity index (χ4v) is 1.38. The summed E-state index contributed by atoms with van der Waals surface area (Å²) in [4.78, 5) is 23.3. The number of carbonyl (C=O) groups excluding carboxylic acids is 1. The van der Waals surface area contributed by atoms with Gasteiger partial charge < -0.3 is 10.0 Å². The fraction of sp³-hybridized carbons (Fsp3) is 0.500. The number of nitrogens with zero attached hydrogens (tertiary/aromatic N) is 1. The molecule has 0 aliphatic heterocycles. The first-order valence-electron chi connectivity index (χ1n) is 7.11. The van der Waals surface area contributed by atoms with Crippen molar-refractivity contribution < 1.29 is 14.7 Å². The number of carboxylic acid groups (broad SMARTS) is 1. The summed E-state index contributed by atoms with van der Waals surface area (Å²) in [6.07, 6.45) is -0.0214. The summed E-state index contributed by atoms with van der Waals surface area (Å²) in [7, 11) is 0. The van der Waals surface area contributed by atoms with Crippen LogP contribution in [-0.2, 0) is 16.1 Å². The van der Waals surface area contributed by atoms with Crippen LogP contribution in [0.5, 0.6) is 0 Å². The van der Waals surface area contributed by atoms with Crippen LogP contribution in [0.2, 0.25) is 0 Å². The third-order valence-corrected chi connectivity index (χ3v) is 2.26. The smallest absolute Gasteiger partial charge is 0.305 e.